The van der Waals surface area contributed by atoms with Gasteiger partial charge in [0, 0.05) is 41.4 Å². The van der Waals surface area contributed by atoms with Gasteiger partial charge in [-0.05, 0) is 0 Å². The van der Waals surface area contributed by atoms with Gasteiger partial charge in [-0.1, -0.05) is 0 Å². The van der Waals surface area contributed by atoms with Crippen LogP contribution in [0.4, 0.5) is 0 Å². The summed E-state index contributed by atoms with van der Waals surface area (Å²) in [7, 11) is 0. The fourth-order valence-corrected chi connectivity index (χ4v) is 4.77. The lowest BCUT2D eigenvalue weighted by atomic mass is 9.13. The molecule has 0 unspecified atom stereocenters. The lowest BCUT2D eigenvalue weighted by Crippen LogP contribution is -3.21. The minimum absolute atomic E-state index is 0.425. The van der Waals surface area contributed by atoms with Gasteiger partial charge in [0.1, 0.15) is 0 Å². The first-order valence-electron chi connectivity index (χ1n) is 3.93. The van der Waals surface area contributed by atoms with Crippen LogP contribution in [-0.4, -0.2) is 28.6 Å². The molecular formula is C7H8N2. The summed E-state index contributed by atoms with van der Waals surface area (Å²) in [5.74, 6) is 2.95. The van der Waals surface area contributed by atoms with Gasteiger partial charge in [-0.3, -0.25) is 4.90 Å². The van der Waals surface area contributed by atoms with Gasteiger partial charge in [0.2, 0.25) is 0 Å². The van der Waals surface area contributed by atoms with Crippen LogP contribution in [0.25, 0.3) is 0 Å². The average molecular weight is 120 g/mol. The van der Waals surface area contributed by atoms with E-state index >= 15 is 0 Å². The monoisotopic (exact) mass is 120 g/mol. The number of piperidine rings is 12. The highest BCUT2D eigenvalue weighted by atomic mass is 15.6. The molecule has 3 aliphatic heterocycles. The normalized spacial score (nSPS) is 99.7. The Kier molecular flexibility index (Phi) is 0.195. The van der Waals surface area contributed by atoms with Gasteiger partial charge in [0.25, 0.3) is 0 Å². The SMILES string of the molecule is NC12C3C4C1C1C2C3N41. The third kappa shape index (κ3) is 0.0955. The van der Waals surface area contributed by atoms with E-state index in [1.165, 1.54) is 0 Å². The number of hydrogen-bond acceptors (Lipinski definition) is 2. The zero-order valence-corrected chi connectivity index (χ0v) is 4.99. The van der Waals surface area contributed by atoms with Crippen LogP contribution in [0.2, 0.25) is 0 Å². The summed E-state index contributed by atoms with van der Waals surface area (Å²) < 4.78 is 0. The lowest BCUT2D eigenvalue weighted by Gasteiger charge is -3.07. The quantitative estimate of drug-likeness (QED) is 0.444. The van der Waals surface area contributed by atoms with Crippen molar-refractivity contribution in [3.05, 3.63) is 0 Å². The molecule has 0 aromatic rings. The van der Waals surface area contributed by atoms with Gasteiger partial charge in [-0.15, -0.1) is 0 Å². The first kappa shape index (κ1) is 3.35. The van der Waals surface area contributed by atoms with E-state index in [2.05, 4.69) is 4.90 Å². The molecule has 0 aromatic heterocycles. The second-order valence-electron chi connectivity index (χ2n) is 4.50. The second-order valence-corrected chi connectivity index (χ2v) is 4.50. The van der Waals surface area contributed by atoms with Gasteiger partial charge in [0.15, 0.2) is 0 Å². The van der Waals surface area contributed by atoms with E-state index in [0.717, 1.165) is 35.9 Å². The molecule has 9 heavy (non-hydrogen) atoms. The Bertz CT molecular complexity index is 209. The predicted octanol–water partition coefficient (Wildman–Crippen LogP) is -0.992. The van der Waals surface area contributed by atoms with Crippen molar-refractivity contribution in [2.24, 2.45) is 23.5 Å². The van der Waals surface area contributed by atoms with E-state index in [1.807, 2.05) is 0 Å². The number of hydrogen-bond donors (Lipinski definition) is 1. The van der Waals surface area contributed by atoms with Crippen molar-refractivity contribution < 1.29 is 0 Å². The van der Waals surface area contributed by atoms with Crippen LogP contribution >= 0.6 is 0 Å². The van der Waals surface area contributed by atoms with Crippen molar-refractivity contribution in [1.29, 1.82) is 0 Å². The third-order valence-electron chi connectivity index (χ3n) is 4.97. The summed E-state index contributed by atoms with van der Waals surface area (Å²) in [6, 6.07) is 3.03. The van der Waals surface area contributed by atoms with Crippen molar-refractivity contribution in [3.8, 4) is 0 Å². The Balaban J connectivity index is 1.93. The standard InChI is InChI=1S/C7H8N2/c8-7-1-4-2(7)6-3(7)5(1)9(4)6/h1-6H,8H2. The Hall–Kier alpha value is -0.0800. The van der Waals surface area contributed by atoms with E-state index in [-0.39, 0.29) is 0 Å². The van der Waals surface area contributed by atoms with E-state index in [0.29, 0.717) is 5.54 Å². The highest BCUT2D eigenvalue weighted by Gasteiger charge is 3.03. The average Bonchev–Trinajstić information content (AvgIpc) is 1.88. The number of nitrogens with zero attached hydrogens (tertiary/aromatic N) is 1. The zero-order chi connectivity index (χ0) is 5.54. The van der Waals surface area contributed by atoms with E-state index in [9.17, 15) is 0 Å². The Morgan fingerprint density at radius 3 is 1.67 bits per heavy atom. The predicted molar refractivity (Wildman–Crippen MR) is 30.6 cm³/mol. The molecule has 3 aliphatic carbocycles. The summed E-state index contributed by atoms with van der Waals surface area (Å²) in [6.45, 7) is 0. The topological polar surface area (TPSA) is 29.3 Å². The first-order chi connectivity index (χ1) is 4.37. The molecule has 2 N–H and O–H groups in total. The Morgan fingerprint density at radius 2 is 1.44 bits per heavy atom. The summed E-state index contributed by atoms with van der Waals surface area (Å²) >= 11 is 0. The minimum Gasteiger partial charge on any atom is -0.324 e. The Morgan fingerprint density at radius 1 is 1.00 bits per heavy atom. The Labute approximate surface area is 53.0 Å². The van der Waals surface area contributed by atoms with Crippen molar-refractivity contribution in [2.45, 2.75) is 23.7 Å². The largest absolute Gasteiger partial charge is 0.324 e. The second kappa shape index (κ2) is 0.523. The van der Waals surface area contributed by atoms with Crippen LogP contribution < -0.4 is 5.73 Å². The molecule has 3 heterocycles. The van der Waals surface area contributed by atoms with Crippen molar-refractivity contribution >= 4 is 0 Å². The van der Waals surface area contributed by atoms with Gasteiger partial charge in [0.05, 0.1) is 0 Å². The molecule has 0 aromatic carbocycles. The molecule has 0 atom stereocenters. The molecule has 6 aliphatic rings. The fourth-order valence-electron chi connectivity index (χ4n) is 4.77. The molecule has 0 spiro atoms. The summed E-state index contributed by atoms with van der Waals surface area (Å²) in [5.41, 5.74) is 6.58. The zero-order valence-electron chi connectivity index (χ0n) is 4.99. The van der Waals surface area contributed by atoms with Crippen LogP contribution in [0.3, 0.4) is 0 Å². The third-order valence-corrected chi connectivity index (χ3v) is 4.97. The fraction of sp³-hybridized carbons (Fsp3) is 1.00. The molecule has 3 saturated heterocycles. The van der Waals surface area contributed by atoms with Crippen LogP contribution in [0, 0.1) is 17.8 Å². The van der Waals surface area contributed by atoms with E-state index in [4.69, 9.17) is 5.73 Å². The number of nitrogens with two attached hydrogens (primary N) is 1. The van der Waals surface area contributed by atoms with Gasteiger partial charge in [-0.2, -0.15) is 0 Å². The molecule has 0 bridgehead atoms. The molecule has 3 saturated carbocycles. The van der Waals surface area contributed by atoms with Crippen LogP contribution in [-0.2, 0) is 0 Å². The van der Waals surface area contributed by atoms with Gasteiger partial charge in [-0.25, -0.2) is 0 Å². The van der Waals surface area contributed by atoms with E-state index in [1.54, 1.807) is 0 Å². The van der Waals surface area contributed by atoms with Crippen LogP contribution in [0.15, 0.2) is 0 Å². The van der Waals surface area contributed by atoms with Gasteiger partial charge < -0.3 is 5.73 Å². The highest BCUT2D eigenvalue weighted by molar-refractivity contribution is 5.58. The first-order valence-corrected chi connectivity index (χ1v) is 3.93. The van der Waals surface area contributed by atoms with Gasteiger partial charge >= 0.3 is 0 Å². The van der Waals surface area contributed by atoms with Crippen molar-refractivity contribution in [3.63, 3.8) is 0 Å². The van der Waals surface area contributed by atoms with Crippen LogP contribution in [0.5, 0.6) is 0 Å². The number of rotatable bonds is 0. The minimum atomic E-state index is 0.425. The molecular weight excluding hydrogens is 112 g/mol. The van der Waals surface area contributed by atoms with Crippen molar-refractivity contribution in [2.75, 3.05) is 0 Å². The summed E-state index contributed by atoms with van der Waals surface area (Å²) in [4.78, 5) is 2.69. The maximum Gasteiger partial charge on any atom is 0.0331 e. The molecule has 0 radical (unpaired) electrons. The molecule has 2 nitrogen and oxygen atoms in total. The molecule has 6 fully saturated rings. The maximum atomic E-state index is 6.16. The maximum absolute atomic E-state index is 6.16. The molecule has 6 rings (SSSR count). The van der Waals surface area contributed by atoms with Crippen molar-refractivity contribution in [1.82, 2.24) is 4.90 Å². The highest BCUT2D eigenvalue weighted by Crippen LogP contribution is 2.90. The summed E-state index contributed by atoms with van der Waals surface area (Å²) in [6.07, 6.45) is 0. The summed E-state index contributed by atoms with van der Waals surface area (Å²) in [5, 5.41) is 0. The lowest BCUT2D eigenvalue weighted by molar-refractivity contribution is -0.554. The molecule has 0 amide bonds. The smallest absolute Gasteiger partial charge is 0.0331 e. The van der Waals surface area contributed by atoms with E-state index < -0.39 is 0 Å². The van der Waals surface area contributed by atoms with Crippen LogP contribution in [0.1, 0.15) is 0 Å². The molecule has 2 heteroatoms. The molecule has 46 valence electrons.